The smallest absolute Gasteiger partial charge is 0.188 e. The van der Waals surface area contributed by atoms with Gasteiger partial charge >= 0.3 is 0 Å². The van der Waals surface area contributed by atoms with Crippen LogP contribution in [-0.2, 0) is 25.8 Å². The Balaban J connectivity index is 0.00000256. The fourth-order valence-electron chi connectivity index (χ4n) is 0.851. The van der Waals surface area contributed by atoms with Crippen molar-refractivity contribution in [2.75, 3.05) is 19.7 Å². The van der Waals surface area contributed by atoms with Gasteiger partial charge in [0.15, 0.2) is 11.9 Å². The summed E-state index contributed by atoms with van der Waals surface area (Å²) < 4.78 is 34.7. The van der Waals surface area contributed by atoms with Gasteiger partial charge in [0.05, 0.1) is 0 Å². The summed E-state index contributed by atoms with van der Waals surface area (Å²) >= 11 is 1.16. The first-order chi connectivity index (χ1) is 7.67. The van der Waals surface area contributed by atoms with E-state index < -0.39 is 12.1 Å². The second kappa shape index (κ2) is 8.66. The summed E-state index contributed by atoms with van der Waals surface area (Å²) in [6.45, 7) is 2.27. The van der Waals surface area contributed by atoms with Crippen LogP contribution in [0.2, 0.25) is 0 Å². The van der Waals surface area contributed by atoms with E-state index in [2.05, 4.69) is 9.97 Å². The number of aromatic nitrogens is 2. The predicted octanol–water partition coefficient (Wildman–Crippen LogP) is 2.35. The first-order valence-electron chi connectivity index (χ1n) is 4.49. The van der Waals surface area contributed by atoms with Crippen LogP contribution >= 0.6 is 11.8 Å². The zero-order valence-corrected chi connectivity index (χ0v) is 13.0. The van der Waals surface area contributed by atoms with Crippen molar-refractivity contribution in [1.29, 1.82) is 0 Å². The molecule has 96 valence electrons. The van der Waals surface area contributed by atoms with Crippen molar-refractivity contribution in [2.45, 2.75) is 12.1 Å². The molecule has 0 aliphatic rings. The van der Waals surface area contributed by atoms with Crippen LogP contribution in [-0.4, -0.2) is 29.6 Å². The minimum atomic E-state index is -1.86. The van der Waals surface area contributed by atoms with Gasteiger partial charge < -0.3 is 9.47 Å². The third-order valence-corrected chi connectivity index (χ3v) is 2.10. The van der Waals surface area contributed by atoms with Crippen LogP contribution in [0.15, 0.2) is 11.2 Å². The fraction of sp³-hybridized carbons (Fsp3) is 0.444. The van der Waals surface area contributed by atoms with Crippen LogP contribution in [0.3, 0.4) is 0 Å². The van der Waals surface area contributed by atoms with Crippen molar-refractivity contribution in [3.05, 3.63) is 18.2 Å². The first-order valence-corrected chi connectivity index (χ1v) is 5.71. The van der Waals surface area contributed by atoms with E-state index in [9.17, 15) is 8.78 Å². The fourth-order valence-corrected chi connectivity index (χ4v) is 1.22. The molecule has 0 N–H and O–H groups in total. The molecule has 0 unspecified atom stereocenters. The van der Waals surface area contributed by atoms with Gasteiger partial charge in [-0.3, -0.25) is 13.8 Å². The summed E-state index contributed by atoms with van der Waals surface area (Å²) in [6.07, 6.45) is -0.166. The summed E-state index contributed by atoms with van der Waals surface area (Å²) in [5.74, 6) is 0.0793. The Morgan fingerprint density at radius 1 is 1.41 bits per heavy atom. The molecular formula is C9H11F2N2O2SW-. The number of nitrogens with zero attached hydrogens (tertiary/aromatic N) is 2. The third-order valence-electron chi connectivity index (χ3n) is 1.55. The van der Waals surface area contributed by atoms with E-state index in [0.717, 1.165) is 17.8 Å². The van der Waals surface area contributed by atoms with Crippen molar-refractivity contribution in [1.82, 2.24) is 9.97 Å². The molecule has 0 radical (unpaired) electrons. The average molecular weight is 433 g/mol. The van der Waals surface area contributed by atoms with Gasteiger partial charge in [-0.05, 0) is 18.9 Å². The van der Waals surface area contributed by atoms with Gasteiger partial charge in [-0.1, -0.05) is 11.8 Å². The Morgan fingerprint density at radius 2 is 2.12 bits per heavy atom. The normalized spacial score (nSPS) is 9.65. The minimum absolute atomic E-state index is 0. The molecule has 0 aliphatic carbocycles. The van der Waals surface area contributed by atoms with Crippen molar-refractivity contribution in [2.24, 2.45) is 0 Å². The number of hydrogen-bond acceptors (Lipinski definition) is 5. The molecule has 0 bridgehead atoms. The van der Waals surface area contributed by atoms with Crippen molar-refractivity contribution < 1.29 is 39.3 Å². The van der Waals surface area contributed by atoms with E-state index in [1.54, 1.807) is 13.2 Å². The van der Waals surface area contributed by atoms with Gasteiger partial charge in [0, 0.05) is 27.7 Å². The molecule has 0 aromatic carbocycles. The molecular weight excluding hydrogens is 422 g/mol. The van der Waals surface area contributed by atoms with Gasteiger partial charge in [0.25, 0.3) is 0 Å². The standard InChI is InChI=1S/C9H11F2N2O2S.W/c1-3-14-5-15-7-4-6(8(10)11)12-9(13-7)16-2;/h4H,3,5H2,1-2H3;/q-1;. The number of ether oxygens (including phenoxy) is 2. The Bertz CT molecular complexity index is 345. The topological polar surface area (TPSA) is 44.2 Å². The van der Waals surface area contributed by atoms with Crippen LogP contribution in [0.4, 0.5) is 8.78 Å². The Labute approximate surface area is 117 Å². The van der Waals surface area contributed by atoms with Crippen LogP contribution < -0.4 is 4.74 Å². The van der Waals surface area contributed by atoms with Gasteiger partial charge in [0.1, 0.15) is 12.3 Å². The van der Waals surface area contributed by atoms with Crippen LogP contribution in [0.1, 0.15) is 12.6 Å². The molecule has 4 nitrogen and oxygen atoms in total. The molecule has 0 fully saturated rings. The van der Waals surface area contributed by atoms with E-state index in [0.29, 0.717) is 6.61 Å². The average Bonchev–Trinajstić information content (AvgIpc) is 2.29. The molecule has 0 amide bonds. The SMILES string of the molecule is CCOCOc1cc([C-](F)F)nc(SC)n1.[W]. The van der Waals surface area contributed by atoms with Crippen molar-refractivity contribution in [3.63, 3.8) is 0 Å². The molecule has 0 spiro atoms. The maximum atomic E-state index is 12.4. The van der Waals surface area contributed by atoms with E-state index >= 15 is 0 Å². The summed E-state index contributed by atoms with van der Waals surface area (Å²) in [4.78, 5) is 7.53. The third kappa shape index (κ3) is 5.65. The number of halogens is 2. The molecule has 0 saturated heterocycles. The molecule has 0 saturated carbocycles. The zero-order valence-electron chi connectivity index (χ0n) is 9.27. The second-order valence-electron chi connectivity index (χ2n) is 2.59. The van der Waals surface area contributed by atoms with E-state index in [1.165, 1.54) is 0 Å². The molecule has 17 heavy (non-hydrogen) atoms. The van der Waals surface area contributed by atoms with E-state index in [-0.39, 0.29) is 38.9 Å². The van der Waals surface area contributed by atoms with E-state index in [4.69, 9.17) is 9.47 Å². The van der Waals surface area contributed by atoms with Gasteiger partial charge in [-0.2, -0.15) is 0 Å². The molecule has 0 aliphatic heterocycles. The molecule has 1 aromatic heterocycles. The minimum Gasteiger partial charge on any atom is -0.467 e. The van der Waals surface area contributed by atoms with Gasteiger partial charge in [0.2, 0.25) is 0 Å². The van der Waals surface area contributed by atoms with Gasteiger partial charge in [-0.15, -0.1) is 6.07 Å². The zero-order chi connectivity index (χ0) is 12.0. The summed E-state index contributed by atoms with van der Waals surface area (Å²) in [6, 6.07) is 1.08. The van der Waals surface area contributed by atoms with Gasteiger partial charge in [-0.25, -0.2) is 4.98 Å². The van der Waals surface area contributed by atoms with Crippen molar-refractivity contribution >= 4 is 11.8 Å². The first kappa shape index (κ1) is 16.6. The van der Waals surface area contributed by atoms with Crippen LogP contribution in [0.25, 0.3) is 0 Å². The molecule has 1 heterocycles. The molecule has 1 aromatic rings. The van der Waals surface area contributed by atoms with Crippen LogP contribution in [0, 0.1) is 6.43 Å². The molecule has 1 rings (SSSR count). The monoisotopic (exact) mass is 433 g/mol. The number of thioether (sulfide) groups is 1. The molecule has 8 heteroatoms. The van der Waals surface area contributed by atoms with E-state index in [1.807, 2.05) is 0 Å². The molecule has 0 atom stereocenters. The quantitative estimate of drug-likeness (QED) is 0.227. The summed E-state index contributed by atoms with van der Waals surface area (Å²) in [7, 11) is 0. The largest absolute Gasteiger partial charge is 0.467 e. The summed E-state index contributed by atoms with van der Waals surface area (Å²) in [5.41, 5.74) is -0.425. The number of rotatable bonds is 6. The Hall–Kier alpha value is -0.392. The van der Waals surface area contributed by atoms with Crippen molar-refractivity contribution in [3.8, 4) is 5.88 Å². The Kier molecular flexibility index (Phi) is 8.46. The summed E-state index contributed by atoms with van der Waals surface area (Å²) in [5, 5.41) is 0.233. The maximum absolute atomic E-state index is 12.4. The second-order valence-corrected chi connectivity index (χ2v) is 3.37. The predicted molar refractivity (Wildman–Crippen MR) is 55.5 cm³/mol. The van der Waals surface area contributed by atoms with Crippen LogP contribution in [0.5, 0.6) is 5.88 Å². The maximum Gasteiger partial charge on any atom is 0.188 e. The number of hydrogen-bond donors (Lipinski definition) is 0. The Morgan fingerprint density at radius 3 is 2.65 bits per heavy atom.